The lowest BCUT2D eigenvalue weighted by atomic mass is 9.99. The van der Waals surface area contributed by atoms with Crippen molar-refractivity contribution < 1.29 is 4.79 Å². The van der Waals surface area contributed by atoms with Gasteiger partial charge in [-0.05, 0) is 25.0 Å². The minimum Gasteiger partial charge on any atom is -0.329 e. The van der Waals surface area contributed by atoms with E-state index in [0.717, 1.165) is 6.54 Å². The summed E-state index contributed by atoms with van der Waals surface area (Å²) in [5.41, 5.74) is 9.32. The van der Waals surface area contributed by atoms with Gasteiger partial charge >= 0.3 is 6.03 Å². The largest absolute Gasteiger partial charge is 0.329 e. The summed E-state index contributed by atoms with van der Waals surface area (Å²) in [5.74, 6) is 0. The average molecular weight is 247 g/mol. The van der Waals surface area contributed by atoms with Crippen LogP contribution in [-0.2, 0) is 0 Å². The molecule has 2 rings (SSSR count). The predicted octanol–water partition coefficient (Wildman–Crippen LogP) is 1.67. The topological polar surface area (TPSA) is 49.6 Å². The second-order valence-corrected chi connectivity index (χ2v) is 5.02. The number of amides is 2. The van der Waals surface area contributed by atoms with E-state index in [-0.39, 0.29) is 12.1 Å². The molecule has 1 heterocycles. The Balaban J connectivity index is 2.33. The number of carbonyl (C=O) groups excluding carboxylic acids is 1. The molecule has 4 nitrogen and oxygen atoms in total. The number of hydrogen-bond donors (Lipinski definition) is 1. The van der Waals surface area contributed by atoms with Crippen LogP contribution in [0, 0.1) is 13.8 Å². The SMILES string of the molecule is Cc1ccc(C2CN(C)C(=O)N2CCN)c(C)c1. The van der Waals surface area contributed by atoms with Gasteiger partial charge in [0.05, 0.1) is 6.04 Å². The highest BCUT2D eigenvalue weighted by Crippen LogP contribution is 2.30. The second kappa shape index (κ2) is 4.98. The van der Waals surface area contributed by atoms with Crippen molar-refractivity contribution in [1.29, 1.82) is 0 Å². The Morgan fingerprint density at radius 2 is 2.11 bits per heavy atom. The molecule has 1 aliphatic rings. The van der Waals surface area contributed by atoms with Crippen LogP contribution in [0.15, 0.2) is 18.2 Å². The van der Waals surface area contributed by atoms with Gasteiger partial charge in [-0.25, -0.2) is 4.79 Å². The molecule has 4 heteroatoms. The summed E-state index contributed by atoms with van der Waals surface area (Å²) in [7, 11) is 1.84. The highest BCUT2D eigenvalue weighted by atomic mass is 16.2. The van der Waals surface area contributed by atoms with Crippen LogP contribution in [0.4, 0.5) is 4.79 Å². The van der Waals surface area contributed by atoms with E-state index in [2.05, 4.69) is 32.0 Å². The maximum absolute atomic E-state index is 12.1. The number of likely N-dealkylation sites (N-methyl/N-ethyl adjacent to an activating group) is 1. The summed E-state index contributed by atoms with van der Waals surface area (Å²) >= 11 is 0. The molecule has 0 spiro atoms. The van der Waals surface area contributed by atoms with Gasteiger partial charge in [-0.3, -0.25) is 0 Å². The van der Waals surface area contributed by atoms with E-state index in [9.17, 15) is 4.79 Å². The number of nitrogens with two attached hydrogens (primary N) is 1. The Labute approximate surface area is 108 Å². The molecule has 98 valence electrons. The number of urea groups is 1. The third kappa shape index (κ3) is 2.20. The lowest BCUT2D eigenvalue weighted by Gasteiger charge is -2.24. The quantitative estimate of drug-likeness (QED) is 0.883. The van der Waals surface area contributed by atoms with E-state index in [1.165, 1.54) is 16.7 Å². The Morgan fingerprint density at radius 1 is 1.39 bits per heavy atom. The van der Waals surface area contributed by atoms with Gasteiger partial charge in [0.25, 0.3) is 0 Å². The summed E-state index contributed by atoms with van der Waals surface area (Å²) in [5, 5.41) is 0. The standard InChI is InChI=1S/C14H21N3O/c1-10-4-5-12(11(2)8-10)13-9-16(3)14(18)17(13)7-6-15/h4-5,8,13H,6-7,9,15H2,1-3H3. The maximum atomic E-state index is 12.1. The van der Waals surface area contributed by atoms with E-state index < -0.39 is 0 Å². The minimum absolute atomic E-state index is 0.0745. The van der Waals surface area contributed by atoms with Gasteiger partial charge in [-0.2, -0.15) is 0 Å². The Hall–Kier alpha value is -1.55. The molecule has 1 aromatic rings. The van der Waals surface area contributed by atoms with Crippen molar-refractivity contribution in [1.82, 2.24) is 9.80 Å². The van der Waals surface area contributed by atoms with Crippen LogP contribution in [0.3, 0.4) is 0 Å². The van der Waals surface area contributed by atoms with Crippen LogP contribution in [-0.4, -0.2) is 42.5 Å². The van der Waals surface area contributed by atoms with E-state index in [4.69, 9.17) is 5.73 Å². The molecule has 1 unspecified atom stereocenters. The molecule has 1 fully saturated rings. The first-order chi connectivity index (χ1) is 8.54. The maximum Gasteiger partial charge on any atom is 0.320 e. The van der Waals surface area contributed by atoms with Crippen LogP contribution < -0.4 is 5.73 Å². The van der Waals surface area contributed by atoms with Crippen LogP contribution in [0.2, 0.25) is 0 Å². The van der Waals surface area contributed by atoms with Gasteiger partial charge in [0.15, 0.2) is 0 Å². The summed E-state index contributed by atoms with van der Waals surface area (Å²) in [4.78, 5) is 15.7. The number of benzene rings is 1. The number of hydrogen-bond acceptors (Lipinski definition) is 2. The zero-order valence-electron chi connectivity index (χ0n) is 11.3. The van der Waals surface area contributed by atoms with Crippen molar-refractivity contribution >= 4 is 6.03 Å². The molecular weight excluding hydrogens is 226 g/mol. The van der Waals surface area contributed by atoms with E-state index in [0.29, 0.717) is 13.1 Å². The fourth-order valence-corrected chi connectivity index (χ4v) is 2.64. The Kier molecular flexibility index (Phi) is 3.57. The summed E-state index contributed by atoms with van der Waals surface area (Å²) in [6, 6.07) is 6.60. The Bertz CT molecular complexity index is 458. The highest BCUT2D eigenvalue weighted by molar-refractivity contribution is 5.77. The van der Waals surface area contributed by atoms with Crippen LogP contribution >= 0.6 is 0 Å². The molecule has 18 heavy (non-hydrogen) atoms. The highest BCUT2D eigenvalue weighted by Gasteiger charge is 2.35. The molecule has 0 bridgehead atoms. The fraction of sp³-hybridized carbons (Fsp3) is 0.500. The van der Waals surface area contributed by atoms with Crippen molar-refractivity contribution in [3.63, 3.8) is 0 Å². The van der Waals surface area contributed by atoms with Crippen molar-refractivity contribution in [3.8, 4) is 0 Å². The van der Waals surface area contributed by atoms with Gasteiger partial charge in [0, 0.05) is 26.7 Å². The predicted molar refractivity (Wildman–Crippen MR) is 72.4 cm³/mol. The molecule has 0 saturated carbocycles. The normalized spacial score (nSPS) is 19.8. The van der Waals surface area contributed by atoms with Crippen molar-refractivity contribution in [2.75, 3.05) is 26.7 Å². The number of carbonyl (C=O) groups is 1. The first-order valence-corrected chi connectivity index (χ1v) is 6.33. The number of rotatable bonds is 3. The molecule has 1 aromatic carbocycles. The summed E-state index contributed by atoms with van der Waals surface area (Å²) < 4.78 is 0. The molecule has 0 aromatic heterocycles. The fourth-order valence-electron chi connectivity index (χ4n) is 2.64. The minimum atomic E-state index is 0.0745. The van der Waals surface area contributed by atoms with E-state index in [1.54, 1.807) is 4.90 Å². The lowest BCUT2D eigenvalue weighted by Crippen LogP contribution is -2.35. The molecule has 0 aliphatic carbocycles. The molecule has 2 N–H and O–H groups in total. The first kappa shape index (κ1) is 12.9. The average Bonchev–Trinajstić information content (AvgIpc) is 2.58. The van der Waals surface area contributed by atoms with Gasteiger partial charge < -0.3 is 15.5 Å². The van der Waals surface area contributed by atoms with Gasteiger partial charge in [0.2, 0.25) is 0 Å². The lowest BCUT2D eigenvalue weighted by molar-refractivity contribution is 0.192. The van der Waals surface area contributed by atoms with E-state index >= 15 is 0 Å². The smallest absolute Gasteiger partial charge is 0.320 e. The van der Waals surface area contributed by atoms with Crippen LogP contribution in [0.25, 0.3) is 0 Å². The monoisotopic (exact) mass is 247 g/mol. The van der Waals surface area contributed by atoms with Gasteiger partial charge in [-0.15, -0.1) is 0 Å². The first-order valence-electron chi connectivity index (χ1n) is 6.33. The molecule has 0 radical (unpaired) electrons. The third-order valence-corrected chi connectivity index (χ3v) is 3.55. The molecule has 1 saturated heterocycles. The molecule has 1 aliphatic heterocycles. The van der Waals surface area contributed by atoms with Gasteiger partial charge in [-0.1, -0.05) is 23.8 Å². The van der Waals surface area contributed by atoms with Crippen LogP contribution in [0.1, 0.15) is 22.7 Å². The van der Waals surface area contributed by atoms with Crippen LogP contribution in [0.5, 0.6) is 0 Å². The second-order valence-electron chi connectivity index (χ2n) is 5.02. The van der Waals surface area contributed by atoms with E-state index in [1.807, 2.05) is 11.9 Å². The number of aryl methyl sites for hydroxylation is 2. The Morgan fingerprint density at radius 3 is 2.72 bits per heavy atom. The molecule has 2 amide bonds. The summed E-state index contributed by atoms with van der Waals surface area (Å²) in [6.07, 6.45) is 0. The van der Waals surface area contributed by atoms with Crippen molar-refractivity contribution in [2.24, 2.45) is 5.73 Å². The zero-order chi connectivity index (χ0) is 13.3. The molecule has 1 atom stereocenters. The zero-order valence-corrected chi connectivity index (χ0v) is 11.3. The molecular formula is C14H21N3O. The van der Waals surface area contributed by atoms with Crippen molar-refractivity contribution in [3.05, 3.63) is 34.9 Å². The summed E-state index contributed by atoms with van der Waals surface area (Å²) in [6.45, 7) is 6.04. The number of nitrogens with zero attached hydrogens (tertiary/aromatic N) is 2. The van der Waals surface area contributed by atoms with Gasteiger partial charge in [0.1, 0.15) is 0 Å². The third-order valence-electron chi connectivity index (χ3n) is 3.55. The van der Waals surface area contributed by atoms with Crippen molar-refractivity contribution in [2.45, 2.75) is 19.9 Å².